The van der Waals surface area contributed by atoms with Crippen LogP contribution in [0, 0.1) is 0 Å². The lowest BCUT2D eigenvalue weighted by atomic mass is 10.1. The molecule has 26 heavy (non-hydrogen) atoms. The minimum Gasteiger partial charge on any atom is -0.480 e. The van der Waals surface area contributed by atoms with Gasteiger partial charge < -0.3 is 19.2 Å². The number of carboxylic acids is 1. The predicted octanol–water partition coefficient (Wildman–Crippen LogP) is 2.46. The summed E-state index contributed by atoms with van der Waals surface area (Å²) < 4.78 is 10.8. The molecule has 0 saturated carbocycles. The number of carboxylic acid groups (broad SMARTS) is 1. The molecule has 1 saturated heterocycles. The third kappa shape index (κ3) is 3.39. The van der Waals surface area contributed by atoms with E-state index in [0.717, 1.165) is 5.56 Å². The fourth-order valence-electron chi connectivity index (χ4n) is 3.05. The number of likely N-dealkylation sites (tertiary alicyclic amines) is 1. The Bertz CT molecular complexity index is 838. The molecular weight excluding hydrogens is 338 g/mol. The van der Waals surface area contributed by atoms with E-state index in [-0.39, 0.29) is 30.6 Å². The molecule has 7 nitrogen and oxygen atoms in total. The van der Waals surface area contributed by atoms with E-state index >= 15 is 0 Å². The van der Waals surface area contributed by atoms with Gasteiger partial charge in [0.15, 0.2) is 11.5 Å². The highest BCUT2D eigenvalue weighted by molar-refractivity contribution is 5.96. The number of hydrogen-bond donors (Lipinski definition) is 1. The van der Waals surface area contributed by atoms with Crippen molar-refractivity contribution in [2.45, 2.75) is 25.5 Å². The molecule has 3 rings (SSSR count). The molecule has 7 heteroatoms. The molecule has 1 amide bonds. The highest BCUT2D eigenvalue weighted by Gasteiger charge is 2.41. The summed E-state index contributed by atoms with van der Waals surface area (Å²) in [5.41, 5.74) is 1.31. The third-order valence-corrected chi connectivity index (χ3v) is 4.53. The standard InChI is InChI=1S/C19H19NO6/c1-11(21)12-3-5-13(6-4-12)16-7-8-17(26-16)18(22)20-10-14(25-2)9-15(20)19(23)24/h3-8,14-15H,9-10H2,1-2H3,(H,23,24). The number of aliphatic carboxylic acids is 1. The summed E-state index contributed by atoms with van der Waals surface area (Å²) in [5.74, 6) is -1.04. The number of methoxy groups -OCH3 is 1. The fraction of sp³-hybridized carbons (Fsp3) is 0.316. The molecule has 2 heterocycles. The molecule has 2 aromatic rings. The van der Waals surface area contributed by atoms with E-state index in [0.29, 0.717) is 11.3 Å². The molecular formula is C19H19NO6. The lowest BCUT2D eigenvalue weighted by molar-refractivity contribution is -0.141. The lowest BCUT2D eigenvalue weighted by Crippen LogP contribution is -2.40. The first kappa shape index (κ1) is 17.9. The molecule has 1 aromatic carbocycles. The van der Waals surface area contributed by atoms with Gasteiger partial charge in [0.2, 0.25) is 0 Å². The maximum absolute atomic E-state index is 12.7. The van der Waals surface area contributed by atoms with Crippen LogP contribution in [0.3, 0.4) is 0 Å². The Morgan fingerprint density at radius 1 is 1.15 bits per heavy atom. The number of nitrogens with zero attached hydrogens (tertiary/aromatic N) is 1. The number of furan rings is 1. The minimum atomic E-state index is -1.07. The first-order chi connectivity index (χ1) is 12.4. The average molecular weight is 357 g/mol. The van der Waals surface area contributed by atoms with Gasteiger partial charge in [-0.1, -0.05) is 24.3 Å². The Morgan fingerprint density at radius 2 is 1.85 bits per heavy atom. The number of carbonyl (C=O) groups is 3. The average Bonchev–Trinajstić information content (AvgIpc) is 3.28. The van der Waals surface area contributed by atoms with E-state index in [9.17, 15) is 19.5 Å². The van der Waals surface area contributed by atoms with Gasteiger partial charge in [0.05, 0.1) is 6.10 Å². The van der Waals surface area contributed by atoms with Gasteiger partial charge in [-0.3, -0.25) is 9.59 Å². The van der Waals surface area contributed by atoms with Gasteiger partial charge in [-0.05, 0) is 19.1 Å². The van der Waals surface area contributed by atoms with Crippen LogP contribution in [0.1, 0.15) is 34.3 Å². The highest BCUT2D eigenvalue weighted by atomic mass is 16.5. The second-order valence-electron chi connectivity index (χ2n) is 6.20. The fourth-order valence-corrected chi connectivity index (χ4v) is 3.05. The van der Waals surface area contributed by atoms with E-state index in [1.54, 1.807) is 30.3 Å². The highest BCUT2D eigenvalue weighted by Crippen LogP contribution is 2.27. The van der Waals surface area contributed by atoms with Gasteiger partial charge in [0.1, 0.15) is 11.8 Å². The number of ether oxygens (including phenoxy) is 1. The van der Waals surface area contributed by atoms with Crippen molar-refractivity contribution in [3.05, 3.63) is 47.7 Å². The Hall–Kier alpha value is -2.93. The Kier molecular flexibility index (Phi) is 4.90. The number of benzene rings is 1. The van der Waals surface area contributed by atoms with E-state index < -0.39 is 17.9 Å². The van der Waals surface area contributed by atoms with E-state index in [1.807, 2.05) is 0 Å². The zero-order chi connectivity index (χ0) is 18.8. The molecule has 1 aliphatic rings. The molecule has 0 bridgehead atoms. The zero-order valence-corrected chi connectivity index (χ0v) is 14.5. The molecule has 0 aliphatic carbocycles. The van der Waals surface area contributed by atoms with Gasteiger partial charge in [0.25, 0.3) is 5.91 Å². The van der Waals surface area contributed by atoms with Crippen LogP contribution in [0.2, 0.25) is 0 Å². The van der Waals surface area contributed by atoms with Gasteiger partial charge in [0, 0.05) is 31.2 Å². The van der Waals surface area contributed by atoms with Gasteiger partial charge in [-0.25, -0.2) is 4.79 Å². The van der Waals surface area contributed by atoms with Crippen LogP contribution in [-0.4, -0.2) is 53.5 Å². The smallest absolute Gasteiger partial charge is 0.326 e. The van der Waals surface area contributed by atoms with Crippen molar-refractivity contribution in [2.24, 2.45) is 0 Å². The molecule has 1 fully saturated rings. The number of rotatable bonds is 5. The van der Waals surface area contributed by atoms with Crippen LogP contribution >= 0.6 is 0 Å². The van der Waals surface area contributed by atoms with Crippen LogP contribution in [-0.2, 0) is 9.53 Å². The normalized spacial score (nSPS) is 19.5. The molecule has 1 aromatic heterocycles. The number of Topliss-reactive ketones (excluding diaryl/α,β-unsaturated/α-hetero) is 1. The van der Waals surface area contributed by atoms with Crippen molar-refractivity contribution >= 4 is 17.7 Å². The molecule has 1 aliphatic heterocycles. The number of ketones is 1. The van der Waals surface area contributed by atoms with Crippen molar-refractivity contribution in [2.75, 3.05) is 13.7 Å². The monoisotopic (exact) mass is 357 g/mol. The molecule has 0 radical (unpaired) electrons. The third-order valence-electron chi connectivity index (χ3n) is 4.53. The van der Waals surface area contributed by atoms with E-state index in [2.05, 4.69) is 0 Å². The first-order valence-electron chi connectivity index (χ1n) is 8.18. The molecule has 136 valence electrons. The molecule has 0 spiro atoms. The Morgan fingerprint density at radius 3 is 2.42 bits per heavy atom. The van der Waals surface area contributed by atoms with Crippen LogP contribution < -0.4 is 0 Å². The summed E-state index contributed by atoms with van der Waals surface area (Å²) >= 11 is 0. The summed E-state index contributed by atoms with van der Waals surface area (Å²) in [6, 6.07) is 9.08. The van der Waals surface area contributed by atoms with Crippen molar-refractivity contribution in [1.29, 1.82) is 0 Å². The van der Waals surface area contributed by atoms with Crippen molar-refractivity contribution < 1.29 is 28.6 Å². The van der Waals surface area contributed by atoms with Crippen LogP contribution in [0.5, 0.6) is 0 Å². The predicted molar refractivity (Wildman–Crippen MR) is 92.0 cm³/mol. The molecule has 2 atom stereocenters. The first-order valence-corrected chi connectivity index (χ1v) is 8.18. The maximum Gasteiger partial charge on any atom is 0.326 e. The summed E-state index contributed by atoms with van der Waals surface area (Å²) in [6.07, 6.45) is -0.0638. The molecule has 1 N–H and O–H groups in total. The van der Waals surface area contributed by atoms with Crippen molar-refractivity contribution in [3.8, 4) is 11.3 Å². The Balaban J connectivity index is 1.81. The van der Waals surface area contributed by atoms with Gasteiger partial charge >= 0.3 is 5.97 Å². The van der Waals surface area contributed by atoms with Crippen molar-refractivity contribution in [1.82, 2.24) is 4.90 Å². The summed E-state index contributed by atoms with van der Waals surface area (Å²) in [5, 5.41) is 9.34. The largest absolute Gasteiger partial charge is 0.480 e. The number of carbonyl (C=O) groups excluding carboxylic acids is 2. The topological polar surface area (TPSA) is 97.0 Å². The minimum absolute atomic E-state index is 0.0340. The van der Waals surface area contributed by atoms with Crippen molar-refractivity contribution in [3.63, 3.8) is 0 Å². The summed E-state index contributed by atoms with van der Waals surface area (Å²) in [7, 11) is 1.49. The number of amides is 1. The maximum atomic E-state index is 12.7. The second-order valence-corrected chi connectivity index (χ2v) is 6.20. The van der Waals surface area contributed by atoms with Gasteiger partial charge in [-0.2, -0.15) is 0 Å². The summed E-state index contributed by atoms with van der Waals surface area (Å²) in [4.78, 5) is 36.7. The quantitative estimate of drug-likeness (QED) is 0.826. The second kappa shape index (κ2) is 7.13. The van der Waals surface area contributed by atoms with Crippen LogP contribution in [0.25, 0.3) is 11.3 Å². The lowest BCUT2D eigenvalue weighted by Gasteiger charge is -2.19. The van der Waals surface area contributed by atoms with Gasteiger partial charge in [-0.15, -0.1) is 0 Å². The van der Waals surface area contributed by atoms with Crippen LogP contribution in [0.4, 0.5) is 0 Å². The molecule has 2 unspecified atom stereocenters. The SMILES string of the molecule is COC1CC(C(=O)O)N(C(=O)c2ccc(-c3ccc(C(C)=O)cc3)o2)C1. The Labute approximate surface area is 150 Å². The number of hydrogen-bond acceptors (Lipinski definition) is 5. The van der Waals surface area contributed by atoms with Crippen LogP contribution in [0.15, 0.2) is 40.8 Å². The zero-order valence-electron chi connectivity index (χ0n) is 14.5. The van der Waals surface area contributed by atoms with E-state index in [1.165, 1.54) is 25.0 Å². The summed E-state index contributed by atoms with van der Waals surface area (Å²) in [6.45, 7) is 1.69. The van der Waals surface area contributed by atoms with E-state index in [4.69, 9.17) is 9.15 Å².